The Hall–Kier alpha value is -4.63. The summed E-state index contributed by atoms with van der Waals surface area (Å²) in [5.41, 5.74) is 6.49. The molecule has 0 saturated heterocycles. The Balaban J connectivity index is 1.49. The third kappa shape index (κ3) is 4.89. The molecule has 0 atom stereocenters. The van der Waals surface area contributed by atoms with Crippen molar-refractivity contribution in [3.8, 4) is 17.5 Å². The van der Waals surface area contributed by atoms with E-state index in [1.54, 1.807) is 36.5 Å². The highest BCUT2D eigenvalue weighted by Gasteiger charge is 2.10. The number of aromatic nitrogens is 1. The molecule has 6 heteroatoms. The van der Waals surface area contributed by atoms with Gasteiger partial charge in [0.05, 0.1) is 22.9 Å². The summed E-state index contributed by atoms with van der Waals surface area (Å²) in [7, 11) is 0. The first kappa shape index (κ1) is 22.6. The van der Waals surface area contributed by atoms with E-state index in [0.29, 0.717) is 17.9 Å². The van der Waals surface area contributed by atoms with Gasteiger partial charge in [0, 0.05) is 34.4 Å². The van der Waals surface area contributed by atoms with Gasteiger partial charge in [-0.2, -0.15) is 5.26 Å². The van der Waals surface area contributed by atoms with Crippen LogP contribution in [-0.2, 0) is 6.61 Å². The predicted molar refractivity (Wildman–Crippen MR) is 131 cm³/mol. The van der Waals surface area contributed by atoms with Crippen LogP contribution in [0.3, 0.4) is 0 Å². The number of nitriles is 1. The first-order chi connectivity index (χ1) is 16.5. The van der Waals surface area contributed by atoms with Crippen molar-refractivity contribution in [1.29, 1.82) is 5.26 Å². The minimum absolute atomic E-state index is 0.235. The molecule has 168 valence electrons. The van der Waals surface area contributed by atoms with Crippen LogP contribution >= 0.6 is 0 Å². The second kappa shape index (κ2) is 9.88. The van der Waals surface area contributed by atoms with Crippen LogP contribution in [0.4, 0.5) is 5.69 Å². The van der Waals surface area contributed by atoms with Gasteiger partial charge < -0.3 is 14.4 Å². The topological polar surface area (TPSA) is 87.6 Å². The van der Waals surface area contributed by atoms with Gasteiger partial charge >= 0.3 is 5.97 Å². The summed E-state index contributed by atoms with van der Waals surface area (Å²) in [6.45, 7) is 4.40. The molecule has 4 aromatic rings. The lowest BCUT2D eigenvalue weighted by molar-refractivity contribution is 0.0697. The minimum atomic E-state index is -0.956. The zero-order valence-corrected chi connectivity index (χ0v) is 18.9. The molecular formula is C28H23N3O3. The molecule has 0 fully saturated rings. The first-order valence-corrected chi connectivity index (χ1v) is 10.7. The SMILES string of the molecule is Cc1cc(C=Nc2ccc(C(=O)O)cc2)c(C)n1-c1ccc(OCc2ccccc2C#N)cc1. The molecule has 0 unspecified atom stereocenters. The molecule has 3 aromatic carbocycles. The van der Waals surface area contributed by atoms with Crippen LogP contribution in [-0.4, -0.2) is 21.9 Å². The van der Waals surface area contributed by atoms with E-state index >= 15 is 0 Å². The largest absolute Gasteiger partial charge is 0.489 e. The Bertz CT molecular complexity index is 1390. The zero-order chi connectivity index (χ0) is 24.1. The quantitative estimate of drug-likeness (QED) is 0.351. The zero-order valence-electron chi connectivity index (χ0n) is 18.9. The summed E-state index contributed by atoms with van der Waals surface area (Å²) >= 11 is 0. The summed E-state index contributed by atoms with van der Waals surface area (Å²) < 4.78 is 8.03. The number of rotatable bonds is 7. The second-order valence-corrected chi connectivity index (χ2v) is 7.82. The minimum Gasteiger partial charge on any atom is -0.489 e. The maximum atomic E-state index is 11.0. The van der Waals surface area contributed by atoms with Gasteiger partial charge in [-0.1, -0.05) is 18.2 Å². The lowest BCUT2D eigenvalue weighted by Crippen LogP contribution is -2.01. The van der Waals surface area contributed by atoms with Gasteiger partial charge in [-0.05, 0) is 74.5 Å². The summed E-state index contributed by atoms with van der Waals surface area (Å²) in [6.07, 6.45) is 1.79. The molecular weight excluding hydrogens is 426 g/mol. The number of ether oxygens (including phenoxy) is 1. The number of hydrogen-bond acceptors (Lipinski definition) is 4. The van der Waals surface area contributed by atoms with Crippen LogP contribution in [0.25, 0.3) is 5.69 Å². The monoisotopic (exact) mass is 449 g/mol. The highest BCUT2D eigenvalue weighted by atomic mass is 16.5. The van der Waals surface area contributed by atoms with E-state index in [-0.39, 0.29) is 5.56 Å². The summed E-state index contributed by atoms with van der Waals surface area (Å²) in [5, 5.41) is 18.2. The smallest absolute Gasteiger partial charge is 0.335 e. The average Bonchev–Trinajstić information content (AvgIpc) is 3.14. The summed E-state index contributed by atoms with van der Waals surface area (Å²) in [6, 6.07) is 25.9. The standard InChI is InChI=1S/C28H23N3O3/c1-19-15-24(17-30-25-9-7-21(8-10-25)28(32)33)20(2)31(19)26-11-13-27(14-12-26)34-18-23-6-4-3-5-22(23)16-29/h3-15,17H,18H2,1-2H3,(H,32,33). The number of benzene rings is 3. The number of carboxylic acids is 1. The van der Waals surface area contributed by atoms with E-state index < -0.39 is 5.97 Å². The molecule has 0 spiro atoms. The van der Waals surface area contributed by atoms with Crippen LogP contribution in [0.1, 0.15) is 38.4 Å². The first-order valence-electron chi connectivity index (χ1n) is 10.7. The predicted octanol–water partition coefficient (Wildman–Crippen LogP) is 5.99. The summed E-state index contributed by atoms with van der Waals surface area (Å²) in [5.74, 6) is -0.229. The van der Waals surface area contributed by atoms with Gasteiger partial charge in [-0.25, -0.2) is 4.79 Å². The van der Waals surface area contributed by atoms with Crippen LogP contribution < -0.4 is 4.74 Å². The highest BCUT2D eigenvalue weighted by Crippen LogP contribution is 2.23. The van der Waals surface area contributed by atoms with Crippen molar-refractivity contribution in [2.75, 3.05) is 0 Å². The third-order valence-electron chi connectivity index (χ3n) is 5.56. The number of aromatic carboxylic acids is 1. The molecule has 0 bridgehead atoms. The van der Waals surface area contributed by atoms with Crippen LogP contribution in [0.5, 0.6) is 5.75 Å². The number of aryl methyl sites for hydroxylation is 1. The Morgan fingerprint density at radius 2 is 1.76 bits per heavy atom. The molecule has 1 heterocycles. The van der Waals surface area contributed by atoms with Gasteiger partial charge in [0.2, 0.25) is 0 Å². The maximum Gasteiger partial charge on any atom is 0.335 e. The lowest BCUT2D eigenvalue weighted by atomic mass is 10.1. The fourth-order valence-corrected chi connectivity index (χ4v) is 3.76. The molecule has 0 aliphatic carbocycles. The van der Waals surface area contributed by atoms with E-state index in [0.717, 1.165) is 34.0 Å². The van der Waals surface area contributed by atoms with Crippen molar-refractivity contribution in [1.82, 2.24) is 4.57 Å². The van der Waals surface area contributed by atoms with E-state index in [1.807, 2.05) is 56.3 Å². The molecule has 34 heavy (non-hydrogen) atoms. The van der Waals surface area contributed by atoms with Crippen molar-refractivity contribution in [2.24, 2.45) is 4.99 Å². The Morgan fingerprint density at radius 1 is 1.06 bits per heavy atom. The third-order valence-corrected chi connectivity index (χ3v) is 5.56. The lowest BCUT2D eigenvalue weighted by Gasteiger charge is -2.12. The second-order valence-electron chi connectivity index (χ2n) is 7.82. The van der Waals surface area contributed by atoms with Crippen LogP contribution in [0, 0.1) is 25.2 Å². The van der Waals surface area contributed by atoms with Crippen molar-refractivity contribution >= 4 is 17.9 Å². The van der Waals surface area contributed by atoms with Gasteiger partial charge in [0.25, 0.3) is 0 Å². The molecule has 1 N–H and O–H groups in total. The van der Waals surface area contributed by atoms with Crippen molar-refractivity contribution in [3.63, 3.8) is 0 Å². The highest BCUT2D eigenvalue weighted by molar-refractivity contribution is 5.88. The van der Waals surface area contributed by atoms with Crippen LogP contribution in [0.15, 0.2) is 83.9 Å². The molecule has 6 nitrogen and oxygen atoms in total. The van der Waals surface area contributed by atoms with E-state index in [2.05, 4.69) is 21.7 Å². The van der Waals surface area contributed by atoms with Gasteiger partial charge in [0.1, 0.15) is 12.4 Å². The molecule has 0 aliphatic heterocycles. The number of hydrogen-bond donors (Lipinski definition) is 1. The normalized spacial score (nSPS) is 10.9. The maximum absolute atomic E-state index is 11.0. The fraction of sp³-hybridized carbons (Fsp3) is 0.107. The Labute approximate surface area is 198 Å². The van der Waals surface area contributed by atoms with E-state index in [4.69, 9.17) is 9.84 Å². The molecule has 0 radical (unpaired) electrons. The van der Waals surface area contributed by atoms with E-state index in [1.165, 1.54) is 0 Å². The fourth-order valence-electron chi connectivity index (χ4n) is 3.76. The molecule has 0 saturated carbocycles. The van der Waals surface area contributed by atoms with Crippen molar-refractivity contribution in [3.05, 3.63) is 113 Å². The van der Waals surface area contributed by atoms with Crippen LogP contribution in [0.2, 0.25) is 0 Å². The molecule has 0 aliphatic rings. The average molecular weight is 450 g/mol. The number of carbonyl (C=O) groups is 1. The van der Waals surface area contributed by atoms with E-state index in [9.17, 15) is 10.1 Å². The van der Waals surface area contributed by atoms with Gasteiger partial charge in [-0.3, -0.25) is 4.99 Å². The van der Waals surface area contributed by atoms with Crippen molar-refractivity contribution in [2.45, 2.75) is 20.5 Å². The van der Waals surface area contributed by atoms with Gasteiger partial charge in [0.15, 0.2) is 0 Å². The molecule has 1 aromatic heterocycles. The number of nitrogens with zero attached hydrogens (tertiary/aromatic N) is 3. The summed E-state index contributed by atoms with van der Waals surface area (Å²) in [4.78, 5) is 15.5. The Kier molecular flexibility index (Phi) is 6.56. The number of carboxylic acid groups (broad SMARTS) is 1. The van der Waals surface area contributed by atoms with Crippen molar-refractivity contribution < 1.29 is 14.6 Å². The Morgan fingerprint density at radius 3 is 2.44 bits per heavy atom. The van der Waals surface area contributed by atoms with Gasteiger partial charge in [-0.15, -0.1) is 0 Å². The number of aliphatic imine (C=N–C) groups is 1. The molecule has 0 amide bonds. The molecule has 4 rings (SSSR count).